The SMILES string of the molecule is Cc1ccc2c(C)nc(N3CCCC(NC4CC4)CC3)nc2c1. The topological polar surface area (TPSA) is 41.1 Å². The number of aryl methyl sites for hydroxylation is 2. The molecule has 4 rings (SSSR count). The molecule has 0 spiro atoms. The maximum Gasteiger partial charge on any atom is 0.226 e. The molecule has 1 aliphatic heterocycles. The monoisotopic (exact) mass is 310 g/mol. The molecule has 1 N–H and O–H groups in total. The van der Waals surface area contributed by atoms with E-state index in [9.17, 15) is 0 Å². The Balaban J connectivity index is 1.55. The Morgan fingerprint density at radius 3 is 2.65 bits per heavy atom. The van der Waals surface area contributed by atoms with Crippen molar-refractivity contribution in [3.8, 4) is 0 Å². The molecule has 2 aromatic rings. The summed E-state index contributed by atoms with van der Waals surface area (Å²) in [7, 11) is 0. The Labute approximate surface area is 138 Å². The molecular weight excluding hydrogens is 284 g/mol. The Morgan fingerprint density at radius 1 is 1.00 bits per heavy atom. The van der Waals surface area contributed by atoms with Crippen LogP contribution in [-0.2, 0) is 0 Å². The molecule has 1 aromatic carbocycles. The first kappa shape index (κ1) is 14.9. The molecule has 1 aromatic heterocycles. The van der Waals surface area contributed by atoms with E-state index in [1.807, 2.05) is 0 Å². The number of hydrogen-bond acceptors (Lipinski definition) is 4. The second-order valence-electron chi connectivity index (χ2n) is 7.19. The highest BCUT2D eigenvalue weighted by molar-refractivity contribution is 5.82. The van der Waals surface area contributed by atoms with E-state index in [1.165, 1.54) is 43.1 Å². The van der Waals surface area contributed by atoms with Gasteiger partial charge in [0.2, 0.25) is 5.95 Å². The van der Waals surface area contributed by atoms with Crippen LogP contribution in [0.2, 0.25) is 0 Å². The van der Waals surface area contributed by atoms with Crippen molar-refractivity contribution in [2.45, 2.75) is 58.0 Å². The summed E-state index contributed by atoms with van der Waals surface area (Å²) in [5, 5.41) is 4.95. The molecule has 0 radical (unpaired) electrons. The van der Waals surface area contributed by atoms with E-state index in [1.54, 1.807) is 0 Å². The first-order valence-electron chi connectivity index (χ1n) is 8.95. The lowest BCUT2D eigenvalue weighted by molar-refractivity contribution is 0.468. The number of benzene rings is 1. The summed E-state index contributed by atoms with van der Waals surface area (Å²) in [6.45, 7) is 6.34. The zero-order valence-electron chi connectivity index (χ0n) is 14.2. The Kier molecular flexibility index (Phi) is 3.93. The van der Waals surface area contributed by atoms with Gasteiger partial charge in [0.1, 0.15) is 0 Å². The first-order chi connectivity index (χ1) is 11.2. The lowest BCUT2D eigenvalue weighted by Gasteiger charge is -2.21. The van der Waals surface area contributed by atoms with Gasteiger partial charge in [-0.1, -0.05) is 12.1 Å². The molecule has 4 nitrogen and oxygen atoms in total. The average Bonchev–Trinajstić information content (AvgIpc) is 3.34. The maximum atomic E-state index is 4.85. The highest BCUT2D eigenvalue weighted by atomic mass is 15.3. The van der Waals surface area contributed by atoms with Gasteiger partial charge >= 0.3 is 0 Å². The second-order valence-corrected chi connectivity index (χ2v) is 7.19. The normalized spacial score (nSPS) is 22.3. The van der Waals surface area contributed by atoms with E-state index in [0.29, 0.717) is 6.04 Å². The zero-order valence-corrected chi connectivity index (χ0v) is 14.2. The lowest BCUT2D eigenvalue weighted by atomic mass is 10.1. The smallest absolute Gasteiger partial charge is 0.226 e. The van der Waals surface area contributed by atoms with Crippen LogP contribution >= 0.6 is 0 Å². The van der Waals surface area contributed by atoms with E-state index >= 15 is 0 Å². The van der Waals surface area contributed by atoms with Crippen LogP contribution in [0.25, 0.3) is 10.9 Å². The molecule has 1 aliphatic carbocycles. The van der Waals surface area contributed by atoms with Crippen molar-refractivity contribution in [3.05, 3.63) is 29.5 Å². The molecule has 1 unspecified atom stereocenters. The van der Waals surface area contributed by atoms with Crippen LogP contribution in [0.5, 0.6) is 0 Å². The standard InChI is InChI=1S/C19H26N4/c1-13-5-8-17-14(2)20-19(22-18(17)12-13)23-10-3-4-15(9-11-23)21-16-6-7-16/h5,8,12,15-16,21H,3-4,6-7,9-11H2,1-2H3. The van der Waals surface area contributed by atoms with Gasteiger partial charge in [-0.15, -0.1) is 0 Å². The molecule has 0 bridgehead atoms. The maximum absolute atomic E-state index is 4.85. The molecule has 2 fully saturated rings. The quantitative estimate of drug-likeness (QED) is 0.944. The largest absolute Gasteiger partial charge is 0.341 e. The van der Waals surface area contributed by atoms with Gasteiger partial charge in [-0.25, -0.2) is 9.97 Å². The molecule has 23 heavy (non-hydrogen) atoms. The van der Waals surface area contributed by atoms with Crippen LogP contribution < -0.4 is 10.2 Å². The van der Waals surface area contributed by atoms with Crippen molar-refractivity contribution in [2.75, 3.05) is 18.0 Å². The predicted octanol–water partition coefficient (Wildman–Crippen LogP) is 3.36. The van der Waals surface area contributed by atoms with Crippen LogP contribution in [0.1, 0.15) is 43.4 Å². The summed E-state index contributed by atoms with van der Waals surface area (Å²) in [6, 6.07) is 7.92. The van der Waals surface area contributed by atoms with Gasteiger partial charge in [-0.3, -0.25) is 0 Å². The number of nitrogens with one attached hydrogen (secondary N) is 1. The molecule has 0 amide bonds. The van der Waals surface area contributed by atoms with Crippen LogP contribution in [-0.4, -0.2) is 35.1 Å². The van der Waals surface area contributed by atoms with Gasteiger partial charge in [0.25, 0.3) is 0 Å². The summed E-state index contributed by atoms with van der Waals surface area (Å²) >= 11 is 0. The third-order valence-electron chi connectivity index (χ3n) is 5.09. The summed E-state index contributed by atoms with van der Waals surface area (Å²) in [5.41, 5.74) is 3.41. The van der Waals surface area contributed by atoms with Crippen LogP contribution in [0, 0.1) is 13.8 Å². The van der Waals surface area contributed by atoms with E-state index in [-0.39, 0.29) is 0 Å². The van der Waals surface area contributed by atoms with E-state index in [2.05, 4.69) is 42.3 Å². The highest BCUT2D eigenvalue weighted by Gasteiger charge is 2.26. The van der Waals surface area contributed by atoms with Crippen molar-refractivity contribution in [3.63, 3.8) is 0 Å². The van der Waals surface area contributed by atoms with Crippen molar-refractivity contribution in [2.24, 2.45) is 0 Å². The van der Waals surface area contributed by atoms with Gasteiger partial charge < -0.3 is 10.2 Å². The molecule has 122 valence electrons. The van der Waals surface area contributed by atoms with Crippen molar-refractivity contribution < 1.29 is 0 Å². The fourth-order valence-corrected chi connectivity index (χ4v) is 3.57. The molecule has 2 heterocycles. The van der Waals surface area contributed by atoms with Crippen LogP contribution in [0.4, 0.5) is 5.95 Å². The fraction of sp³-hybridized carbons (Fsp3) is 0.579. The van der Waals surface area contributed by atoms with Crippen molar-refractivity contribution in [1.82, 2.24) is 15.3 Å². The Morgan fingerprint density at radius 2 is 1.83 bits per heavy atom. The number of nitrogens with zero attached hydrogens (tertiary/aromatic N) is 3. The van der Waals surface area contributed by atoms with E-state index in [0.717, 1.165) is 36.3 Å². The van der Waals surface area contributed by atoms with Gasteiger partial charge in [0.05, 0.1) is 11.2 Å². The van der Waals surface area contributed by atoms with Crippen molar-refractivity contribution >= 4 is 16.9 Å². The second kappa shape index (κ2) is 6.08. The van der Waals surface area contributed by atoms with E-state index in [4.69, 9.17) is 9.97 Å². The summed E-state index contributed by atoms with van der Waals surface area (Å²) in [4.78, 5) is 12.0. The molecule has 1 saturated carbocycles. The third-order valence-corrected chi connectivity index (χ3v) is 5.09. The number of anilines is 1. The minimum Gasteiger partial charge on any atom is -0.341 e. The van der Waals surface area contributed by atoms with Gasteiger partial charge in [-0.2, -0.15) is 0 Å². The summed E-state index contributed by atoms with van der Waals surface area (Å²) in [6.07, 6.45) is 6.43. The molecule has 2 aliphatic rings. The number of fused-ring (bicyclic) bond motifs is 1. The minimum atomic E-state index is 0.677. The Hall–Kier alpha value is -1.68. The van der Waals surface area contributed by atoms with Gasteiger partial charge in [0.15, 0.2) is 0 Å². The molecular formula is C19H26N4. The van der Waals surface area contributed by atoms with Crippen molar-refractivity contribution in [1.29, 1.82) is 0 Å². The lowest BCUT2D eigenvalue weighted by Crippen LogP contribution is -2.32. The molecule has 4 heteroatoms. The van der Waals surface area contributed by atoms with Crippen LogP contribution in [0.3, 0.4) is 0 Å². The highest BCUT2D eigenvalue weighted by Crippen LogP contribution is 2.25. The average molecular weight is 310 g/mol. The molecule has 1 saturated heterocycles. The van der Waals surface area contributed by atoms with E-state index < -0.39 is 0 Å². The zero-order chi connectivity index (χ0) is 15.8. The number of hydrogen-bond donors (Lipinski definition) is 1. The molecule has 1 atom stereocenters. The Bertz CT molecular complexity index is 708. The predicted molar refractivity (Wildman–Crippen MR) is 95.0 cm³/mol. The minimum absolute atomic E-state index is 0.677. The first-order valence-corrected chi connectivity index (χ1v) is 8.95. The van der Waals surface area contributed by atoms with Gasteiger partial charge in [0, 0.05) is 30.6 Å². The number of rotatable bonds is 3. The van der Waals surface area contributed by atoms with Gasteiger partial charge in [-0.05, 0) is 57.6 Å². The third kappa shape index (κ3) is 3.32. The summed E-state index contributed by atoms with van der Waals surface area (Å²) in [5.74, 6) is 0.910. The van der Waals surface area contributed by atoms with Crippen LogP contribution in [0.15, 0.2) is 18.2 Å². The number of aromatic nitrogens is 2. The summed E-state index contributed by atoms with van der Waals surface area (Å²) < 4.78 is 0. The fourth-order valence-electron chi connectivity index (χ4n) is 3.57.